The van der Waals surface area contributed by atoms with Crippen LogP contribution in [0.1, 0.15) is 36.8 Å². The molecule has 1 unspecified atom stereocenters. The first kappa shape index (κ1) is 24.7. The smallest absolute Gasteiger partial charge is 0.435 e. The second-order valence-corrected chi connectivity index (χ2v) is 7.60. The normalized spacial score (nSPS) is 12.6. The van der Waals surface area contributed by atoms with Gasteiger partial charge in [0.1, 0.15) is 11.6 Å². The molecule has 2 rings (SSSR count). The van der Waals surface area contributed by atoms with Gasteiger partial charge in [-0.05, 0) is 32.9 Å². The van der Waals surface area contributed by atoms with Gasteiger partial charge in [0, 0.05) is 6.20 Å². The molecule has 32 heavy (non-hydrogen) atoms. The quantitative estimate of drug-likeness (QED) is 0.647. The number of halogens is 3. The predicted octanol–water partition coefficient (Wildman–Crippen LogP) is 2.69. The Balaban J connectivity index is 2.26. The van der Waals surface area contributed by atoms with E-state index in [0.29, 0.717) is 5.69 Å². The summed E-state index contributed by atoms with van der Waals surface area (Å²) in [6.45, 7) is 4.39. The first-order valence-corrected chi connectivity index (χ1v) is 9.39. The molecule has 2 N–H and O–H groups in total. The molecular weight excluding hydrogens is 433 g/mol. The Labute approximate surface area is 181 Å². The van der Waals surface area contributed by atoms with Crippen LogP contribution in [0.25, 0.3) is 5.69 Å². The third-order valence-corrected chi connectivity index (χ3v) is 3.89. The minimum Gasteiger partial charge on any atom is -0.467 e. The van der Waals surface area contributed by atoms with E-state index in [-0.39, 0.29) is 0 Å². The molecule has 0 saturated heterocycles. The monoisotopic (exact) mass is 456 g/mol. The fourth-order valence-corrected chi connectivity index (χ4v) is 2.53. The number of methoxy groups -OCH3 is 1. The van der Waals surface area contributed by atoms with Gasteiger partial charge in [-0.3, -0.25) is 4.79 Å². The van der Waals surface area contributed by atoms with Crippen molar-refractivity contribution in [3.63, 3.8) is 0 Å². The van der Waals surface area contributed by atoms with Crippen molar-refractivity contribution in [3.8, 4) is 5.69 Å². The van der Waals surface area contributed by atoms with Crippen molar-refractivity contribution in [3.05, 3.63) is 47.8 Å². The van der Waals surface area contributed by atoms with Crippen molar-refractivity contribution < 1.29 is 37.0 Å². The number of amides is 2. The molecule has 12 heteroatoms. The van der Waals surface area contributed by atoms with Crippen LogP contribution < -0.4 is 10.6 Å². The van der Waals surface area contributed by atoms with Gasteiger partial charge in [0.15, 0.2) is 5.69 Å². The highest BCUT2D eigenvalue weighted by Gasteiger charge is 2.40. The number of esters is 1. The lowest BCUT2D eigenvalue weighted by atomic mass is 10.2. The molecule has 9 nitrogen and oxygen atoms in total. The van der Waals surface area contributed by atoms with Crippen molar-refractivity contribution in [2.45, 2.75) is 38.6 Å². The molecule has 1 atom stereocenters. The van der Waals surface area contributed by atoms with Crippen LogP contribution in [0, 0.1) is 0 Å². The molecule has 0 bridgehead atoms. The third-order valence-electron chi connectivity index (χ3n) is 3.89. The Morgan fingerprint density at radius 2 is 1.75 bits per heavy atom. The Bertz CT molecular complexity index is 968. The molecule has 0 aliphatic heterocycles. The van der Waals surface area contributed by atoms with Gasteiger partial charge in [-0.25, -0.2) is 14.3 Å². The lowest BCUT2D eigenvalue weighted by molar-refractivity contribution is -0.142. The van der Waals surface area contributed by atoms with E-state index in [0.717, 1.165) is 18.0 Å². The number of alkyl halides is 3. The molecular formula is C20H23F3N4O5. The number of nitrogens with zero attached hydrogens (tertiary/aromatic N) is 2. The zero-order valence-corrected chi connectivity index (χ0v) is 17.8. The summed E-state index contributed by atoms with van der Waals surface area (Å²) in [7, 11) is 1.03. The molecule has 1 aromatic carbocycles. The fraction of sp³-hybridized carbons (Fsp3) is 0.400. The number of hydrogen-bond acceptors (Lipinski definition) is 6. The van der Waals surface area contributed by atoms with E-state index in [4.69, 9.17) is 4.74 Å². The molecule has 2 amide bonds. The number of carbonyl (C=O) groups excluding carboxylic acids is 3. The average molecular weight is 456 g/mol. The highest BCUT2D eigenvalue weighted by Crippen LogP contribution is 2.31. The van der Waals surface area contributed by atoms with Gasteiger partial charge in [-0.1, -0.05) is 18.2 Å². The van der Waals surface area contributed by atoms with E-state index in [2.05, 4.69) is 20.5 Å². The molecule has 1 aromatic heterocycles. The van der Waals surface area contributed by atoms with E-state index >= 15 is 0 Å². The number of hydrogen-bond donors (Lipinski definition) is 2. The minimum absolute atomic E-state index is 0.299. The molecule has 0 aliphatic rings. The van der Waals surface area contributed by atoms with Crippen LogP contribution in [0.15, 0.2) is 36.5 Å². The summed E-state index contributed by atoms with van der Waals surface area (Å²) in [6, 6.07) is 6.41. The molecule has 174 valence electrons. The lowest BCUT2D eigenvalue weighted by Gasteiger charge is -2.21. The van der Waals surface area contributed by atoms with Gasteiger partial charge in [0.25, 0.3) is 5.91 Å². The van der Waals surface area contributed by atoms with Crippen LogP contribution in [0.4, 0.5) is 18.0 Å². The first-order valence-electron chi connectivity index (χ1n) is 9.39. The van der Waals surface area contributed by atoms with E-state index in [1.165, 1.54) is 12.1 Å². The van der Waals surface area contributed by atoms with E-state index in [1.807, 2.05) is 0 Å². The number of para-hydroxylation sites is 1. The number of alkyl carbamates (subject to hydrolysis) is 1. The van der Waals surface area contributed by atoms with E-state index in [1.54, 1.807) is 39.0 Å². The molecule has 2 aromatic rings. The third kappa shape index (κ3) is 6.72. The van der Waals surface area contributed by atoms with Crippen LogP contribution in [-0.2, 0) is 20.4 Å². The molecule has 0 radical (unpaired) electrons. The zero-order valence-electron chi connectivity index (χ0n) is 17.8. The standard InChI is InChI=1S/C20H23F3N4O5/c1-19(2,3)32-18(30)24-10-14(17(29)31-4)25-16(28)13-11-27(12-8-6-5-7-9-12)26-15(13)20(21,22)23/h5-9,11,14H,10H2,1-4H3,(H,24,30)(H,25,28). The average Bonchev–Trinajstić information content (AvgIpc) is 3.16. The second kappa shape index (κ2) is 9.71. The van der Waals surface area contributed by atoms with Crippen molar-refractivity contribution in [2.24, 2.45) is 0 Å². The number of ether oxygens (including phenoxy) is 2. The Morgan fingerprint density at radius 1 is 1.12 bits per heavy atom. The molecule has 0 fully saturated rings. The van der Waals surface area contributed by atoms with Crippen LogP contribution in [0.2, 0.25) is 0 Å². The van der Waals surface area contributed by atoms with Crippen LogP contribution >= 0.6 is 0 Å². The number of benzene rings is 1. The van der Waals surface area contributed by atoms with Crippen molar-refractivity contribution in [1.82, 2.24) is 20.4 Å². The summed E-state index contributed by atoms with van der Waals surface area (Å²) in [6.07, 6.45) is -4.90. The van der Waals surface area contributed by atoms with Crippen LogP contribution in [0.3, 0.4) is 0 Å². The Hall–Kier alpha value is -3.57. The maximum atomic E-state index is 13.5. The SMILES string of the molecule is COC(=O)C(CNC(=O)OC(C)(C)C)NC(=O)c1cn(-c2ccccc2)nc1C(F)(F)F. The van der Waals surface area contributed by atoms with E-state index < -0.39 is 53.6 Å². The van der Waals surface area contributed by atoms with E-state index in [9.17, 15) is 27.6 Å². The predicted molar refractivity (Wildman–Crippen MR) is 106 cm³/mol. The lowest BCUT2D eigenvalue weighted by Crippen LogP contribution is -2.49. The summed E-state index contributed by atoms with van der Waals surface area (Å²) < 4.78 is 51.0. The summed E-state index contributed by atoms with van der Waals surface area (Å²) in [5.41, 5.74) is -2.75. The molecule has 0 spiro atoms. The van der Waals surface area contributed by atoms with Gasteiger partial charge < -0.3 is 20.1 Å². The number of nitrogens with one attached hydrogen (secondary N) is 2. The van der Waals surface area contributed by atoms with Gasteiger partial charge >= 0.3 is 18.2 Å². The van der Waals surface area contributed by atoms with Crippen LogP contribution in [-0.4, -0.2) is 53.0 Å². The van der Waals surface area contributed by atoms with Gasteiger partial charge in [-0.2, -0.15) is 18.3 Å². The summed E-state index contributed by atoms with van der Waals surface area (Å²) in [5, 5.41) is 7.89. The molecule has 1 heterocycles. The fourth-order valence-electron chi connectivity index (χ4n) is 2.53. The number of aromatic nitrogens is 2. The zero-order chi connectivity index (χ0) is 24.1. The van der Waals surface area contributed by atoms with Crippen LogP contribution in [0.5, 0.6) is 0 Å². The Kier molecular flexibility index (Phi) is 7.49. The topological polar surface area (TPSA) is 112 Å². The molecule has 0 aliphatic carbocycles. The highest BCUT2D eigenvalue weighted by molar-refractivity contribution is 5.98. The number of carbonyl (C=O) groups is 3. The number of rotatable bonds is 6. The molecule has 0 saturated carbocycles. The highest BCUT2D eigenvalue weighted by atomic mass is 19.4. The van der Waals surface area contributed by atoms with Crippen molar-refractivity contribution in [1.29, 1.82) is 0 Å². The van der Waals surface area contributed by atoms with Gasteiger partial charge in [0.2, 0.25) is 0 Å². The summed E-state index contributed by atoms with van der Waals surface area (Å²) >= 11 is 0. The summed E-state index contributed by atoms with van der Waals surface area (Å²) in [4.78, 5) is 36.5. The summed E-state index contributed by atoms with van der Waals surface area (Å²) in [5.74, 6) is -2.20. The minimum atomic E-state index is -4.93. The van der Waals surface area contributed by atoms with Gasteiger partial charge in [0.05, 0.1) is 24.9 Å². The Morgan fingerprint density at radius 3 is 2.28 bits per heavy atom. The van der Waals surface area contributed by atoms with Crippen molar-refractivity contribution in [2.75, 3.05) is 13.7 Å². The maximum Gasteiger partial charge on any atom is 0.435 e. The largest absolute Gasteiger partial charge is 0.467 e. The van der Waals surface area contributed by atoms with Crippen molar-refractivity contribution >= 4 is 18.0 Å². The maximum absolute atomic E-state index is 13.5. The van der Waals surface area contributed by atoms with Gasteiger partial charge in [-0.15, -0.1) is 0 Å². The first-order chi connectivity index (χ1) is 14.8. The second-order valence-electron chi connectivity index (χ2n) is 7.60.